The standard InChI is InChI=1S/C11H23NO4/c1-11(2,3)16-10(15)12(6-4-8-13)7-5-9-14/h13-14H,4-9H2,1-3H3. The molecule has 0 aliphatic heterocycles. The van der Waals surface area contributed by atoms with Crippen molar-refractivity contribution in [1.29, 1.82) is 0 Å². The Kier molecular flexibility index (Phi) is 7.08. The van der Waals surface area contributed by atoms with E-state index >= 15 is 0 Å². The maximum atomic E-state index is 11.7. The second-order valence-corrected chi connectivity index (χ2v) is 4.62. The van der Waals surface area contributed by atoms with Gasteiger partial charge in [-0.3, -0.25) is 0 Å². The molecule has 16 heavy (non-hydrogen) atoms. The van der Waals surface area contributed by atoms with Crippen LogP contribution in [0.4, 0.5) is 4.79 Å². The first kappa shape index (κ1) is 15.2. The fourth-order valence-electron chi connectivity index (χ4n) is 1.14. The van der Waals surface area contributed by atoms with Gasteiger partial charge in [-0.15, -0.1) is 0 Å². The van der Waals surface area contributed by atoms with Crippen molar-refractivity contribution >= 4 is 6.09 Å². The average Bonchev–Trinajstić information content (AvgIpc) is 2.15. The Labute approximate surface area is 97.0 Å². The third kappa shape index (κ3) is 7.48. The van der Waals surface area contributed by atoms with Crippen LogP contribution in [0.15, 0.2) is 0 Å². The van der Waals surface area contributed by atoms with E-state index in [1.54, 1.807) is 20.8 Å². The molecule has 5 heteroatoms. The highest BCUT2D eigenvalue weighted by atomic mass is 16.6. The van der Waals surface area contributed by atoms with Crippen LogP contribution < -0.4 is 0 Å². The summed E-state index contributed by atoms with van der Waals surface area (Å²) in [5.41, 5.74) is -0.520. The van der Waals surface area contributed by atoms with E-state index in [1.807, 2.05) is 0 Å². The number of hydrogen-bond acceptors (Lipinski definition) is 4. The lowest BCUT2D eigenvalue weighted by molar-refractivity contribution is 0.0231. The van der Waals surface area contributed by atoms with Gasteiger partial charge in [-0.1, -0.05) is 0 Å². The first-order chi connectivity index (χ1) is 7.40. The van der Waals surface area contributed by atoms with Crippen LogP contribution in [0.25, 0.3) is 0 Å². The van der Waals surface area contributed by atoms with Crippen molar-refractivity contribution in [3.05, 3.63) is 0 Å². The zero-order valence-corrected chi connectivity index (χ0v) is 10.4. The van der Waals surface area contributed by atoms with Gasteiger partial charge in [0.05, 0.1) is 0 Å². The zero-order valence-electron chi connectivity index (χ0n) is 10.4. The Morgan fingerprint density at radius 3 is 1.88 bits per heavy atom. The van der Waals surface area contributed by atoms with Gasteiger partial charge in [-0.05, 0) is 33.6 Å². The SMILES string of the molecule is CC(C)(C)OC(=O)N(CCCO)CCCO. The molecule has 0 aromatic carbocycles. The minimum atomic E-state index is -0.520. The highest BCUT2D eigenvalue weighted by molar-refractivity contribution is 5.68. The number of aliphatic hydroxyl groups is 2. The number of aliphatic hydroxyl groups excluding tert-OH is 2. The molecule has 0 spiro atoms. The molecule has 0 saturated carbocycles. The van der Waals surface area contributed by atoms with E-state index in [-0.39, 0.29) is 13.2 Å². The van der Waals surface area contributed by atoms with Crippen LogP contribution >= 0.6 is 0 Å². The lowest BCUT2D eigenvalue weighted by Gasteiger charge is -2.27. The zero-order chi connectivity index (χ0) is 12.6. The van der Waals surface area contributed by atoms with Crippen LogP contribution in [-0.2, 0) is 4.74 Å². The van der Waals surface area contributed by atoms with Gasteiger partial charge in [-0.2, -0.15) is 0 Å². The van der Waals surface area contributed by atoms with Crippen LogP contribution in [0.5, 0.6) is 0 Å². The number of hydrogen-bond donors (Lipinski definition) is 2. The summed E-state index contributed by atoms with van der Waals surface area (Å²) in [6, 6.07) is 0. The summed E-state index contributed by atoms with van der Waals surface area (Å²) in [7, 11) is 0. The predicted octanol–water partition coefficient (Wildman–Crippen LogP) is 0.988. The Morgan fingerprint density at radius 1 is 1.12 bits per heavy atom. The Morgan fingerprint density at radius 2 is 1.56 bits per heavy atom. The molecule has 5 nitrogen and oxygen atoms in total. The molecule has 0 saturated heterocycles. The van der Waals surface area contributed by atoms with E-state index in [4.69, 9.17) is 14.9 Å². The molecule has 0 radical (unpaired) electrons. The van der Waals surface area contributed by atoms with Crippen molar-refractivity contribution < 1.29 is 19.7 Å². The molecule has 2 N–H and O–H groups in total. The summed E-state index contributed by atoms with van der Waals surface area (Å²) >= 11 is 0. The molecule has 0 rings (SSSR count). The van der Waals surface area contributed by atoms with Gasteiger partial charge < -0.3 is 19.8 Å². The Hall–Kier alpha value is -0.810. The second-order valence-electron chi connectivity index (χ2n) is 4.62. The largest absolute Gasteiger partial charge is 0.444 e. The summed E-state index contributed by atoms with van der Waals surface area (Å²) in [5.74, 6) is 0. The third-order valence-electron chi connectivity index (χ3n) is 1.82. The number of nitrogens with zero attached hydrogens (tertiary/aromatic N) is 1. The van der Waals surface area contributed by atoms with Gasteiger partial charge in [0, 0.05) is 26.3 Å². The quantitative estimate of drug-likeness (QED) is 0.717. The smallest absolute Gasteiger partial charge is 0.410 e. The van der Waals surface area contributed by atoms with Gasteiger partial charge in [0.2, 0.25) is 0 Å². The van der Waals surface area contributed by atoms with Gasteiger partial charge in [0.25, 0.3) is 0 Å². The van der Waals surface area contributed by atoms with E-state index < -0.39 is 11.7 Å². The van der Waals surface area contributed by atoms with Crippen molar-refractivity contribution in [2.24, 2.45) is 0 Å². The number of carbonyl (C=O) groups is 1. The molecular formula is C11H23NO4. The fourth-order valence-corrected chi connectivity index (χ4v) is 1.14. The topological polar surface area (TPSA) is 70.0 Å². The lowest BCUT2D eigenvalue weighted by Crippen LogP contribution is -2.38. The first-order valence-electron chi connectivity index (χ1n) is 5.60. The lowest BCUT2D eigenvalue weighted by atomic mass is 10.2. The summed E-state index contributed by atoms with van der Waals surface area (Å²) in [5, 5.41) is 17.5. The van der Waals surface area contributed by atoms with Crippen molar-refractivity contribution in [1.82, 2.24) is 4.90 Å². The van der Waals surface area contributed by atoms with Gasteiger partial charge in [0.1, 0.15) is 5.60 Å². The molecule has 0 unspecified atom stereocenters. The minimum absolute atomic E-state index is 0.0401. The minimum Gasteiger partial charge on any atom is -0.444 e. The summed E-state index contributed by atoms with van der Waals surface area (Å²) in [6.07, 6.45) is 0.643. The van der Waals surface area contributed by atoms with Gasteiger partial charge in [0.15, 0.2) is 0 Å². The van der Waals surface area contributed by atoms with Gasteiger partial charge >= 0.3 is 6.09 Å². The maximum Gasteiger partial charge on any atom is 0.410 e. The monoisotopic (exact) mass is 233 g/mol. The van der Waals surface area contributed by atoms with E-state index in [9.17, 15) is 4.79 Å². The predicted molar refractivity (Wildman–Crippen MR) is 61.2 cm³/mol. The molecule has 0 aromatic rings. The molecule has 0 fully saturated rings. The second kappa shape index (κ2) is 7.46. The van der Waals surface area contributed by atoms with Crippen LogP contribution in [-0.4, -0.2) is 53.1 Å². The van der Waals surface area contributed by atoms with E-state index in [0.29, 0.717) is 25.9 Å². The van der Waals surface area contributed by atoms with E-state index in [2.05, 4.69) is 0 Å². The number of ether oxygens (including phenoxy) is 1. The van der Waals surface area contributed by atoms with Crippen molar-refractivity contribution in [3.63, 3.8) is 0 Å². The molecule has 0 aliphatic carbocycles. The molecular weight excluding hydrogens is 210 g/mol. The van der Waals surface area contributed by atoms with Crippen LogP contribution in [0.2, 0.25) is 0 Å². The molecule has 0 heterocycles. The number of amides is 1. The normalized spacial score (nSPS) is 11.3. The Balaban J connectivity index is 4.19. The summed E-state index contributed by atoms with van der Waals surface area (Å²) < 4.78 is 5.22. The van der Waals surface area contributed by atoms with Crippen LogP contribution in [0, 0.1) is 0 Å². The van der Waals surface area contributed by atoms with Crippen molar-refractivity contribution in [2.45, 2.75) is 39.2 Å². The van der Waals surface area contributed by atoms with Crippen LogP contribution in [0.3, 0.4) is 0 Å². The summed E-state index contributed by atoms with van der Waals surface area (Å²) in [4.78, 5) is 13.2. The molecule has 0 atom stereocenters. The van der Waals surface area contributed by atoms with Crippen molar-refractivity contribution in [2.75, 3.05) is 26.3 Å². The molecule has 96 valence electrons. The summed E-state index contributed by atoms with van der Waals surface area (Å²) in [6.45, 7) is 6.40. The highest BCUT2D eigenvalue weighted by Gasteiger charge is 2.21. The average molecular weight is 233 g/mol. The van der Waals surface area contributed by atoms with E-state index in [1.165, 1.54) is 4.90 Å². The third-order valence-corrected chi connectivity index (χ3v) is 1.82. The van der Waals surface area contributed by atoms with Crippen molar-refractivity contribution in [3.8, 4) is 0 Å². The molecule has 0 aromatic heterocycles. The molecule has 0 aliphatic rings. The number of carbonyl (C=O) groups excluding carboxylic acids is 1. The highest BCUT2D eigenvalue weighted by Crippen LogP contribution is 2.10. The van der Waals surface area contributed by atoms with E-state index in [0.717, 1.165) is 0 Å². The Bertz CT molecular complexity index is 193. The molecule has 0 bridgehead atoms. The molecule has 1 amide bonds. The number of rotatable bonds is 6. The van der Waals surface area contributed by atoms with Crippen LogP contribution in [0.1, 0.15) is 33.6 Å². The van der Waals surface area contributed by atoms with Gasteiger partial charge in [-0.25, -0.2) is 4.79 Å². The first-order valence-corrected chi connectivity index (χ1v) is 5.60. The fraction of sp³-hybridized carbons (Fsp3) is 0.909. The maximum absolute atomic E-state index is 11.7.